The Bertz CT molecular complexity index is 405. The SMILES string of the molecule is c1ccc2c(c1)COCC2NCCN1CCOCC1. The van der Waals surface area contributed by atoms with E-state index in [4.69, 9.17) is 9.47 Å². The van der Waals surface area contributed by atoms with Gasteiger partial charge in [0.2, 0.25) is 0 Å². The van der Waals surface area contributed by atoms with Crippen LogP contribution >= 0.6 is 0 Å². The molecule has 1 fully saturated rings. The Labute approximate surface area is 114 Å². The third kappa shape index (κ3) is 3.34. The minimum atomic E-state index is 0.339. The monoisotopic (exact) mass is 262 g/mol. The second-order valence-corrected chi connectivity index (χ2v) is 5.17. The summed E-state index contributed by atoms with van der Waals surface area (Å²) in [4.78, 5) is 2.45. The lowest BCUT2D eigenvalue weighted by atomic mass is 9.99. The molecule has 2 aliphatic rings. The maximum Gasteiger partial charge on any atom is 0.0721 e. The van der Waals surface area contributed by atoms with E-state index < -0.39 is 0 Å². The van der Waals surface area contributed by atoms with E-state index in [2.05, 4.69) is 34.5 Å². The van der Waals surface area contributed by atoms with Crippen molar-refractivity contribution in [2.75, 3.05) is 46.0 Å². The van der Waals surface area contributed by atoms with Crippen molar-refractivity contribution in [3.05, 3.63) is 35.4 Å². The highest BCUT2D eigenvalue weighted by molar-refractivity contribution is 5.30. The third-order valence-electron chi connectivity index (χ3n) is 3.90. The zero-order valence-corrected chi connectivity index (χ0v) is 11.3. The zero-order valence-electron chi connectivity index (χ0n) is 11.3. The molecule has 0 amide bonds. The lowest BCUT2D eigenvalue weighted by molar-refractivity contribution is 0.0364. The molecule has 1 unspecified atom stereocenters. The first-order valence-corrected chi connectivity index (χ1v) is 7.12. The van der Waals surface area contributed by atoms with Crippen molar-refractivity contribution in [2.24, 2.45) is 0 Å². The Morgan fingerprint density at radius 1 is 1.16 bits per heavy atom. The lowest BCUT2D eigenvalue weighted by Crippen LogP contribution is -2.41. The van der Waals surface area contributed by atoms with E-state index in [9.17, 15) is 0 Å². The van der Waals surface area contributed by atoms with E-state index in [1.165, 1.54) is 11.1 Å². The molecule has 1 saturated heterocycles. The Kier molecular flexibility index (Phi) is 4.45. The van der Waals surface area contributed by atoms with Gasteiger partial charge in [-0.3, -0.25) is 4.90 Å². The summed E-state index contributed by atoms with van der Waals surface area (Å²) in [6, 6.07) is 8.90. The van der Waals surface area contributed by atoms with E-state index >= 15 is 0 Å². The zero-order chi connectivity index (χ0) is 12.9. The van der Waals surface area contributed by atoms with Crippen LogP contribution in [0.1, 0.15) is 17.2 Å². The molecule has 0 saturated carbocycles. The predicted molar refractivity (Wildman–Crippen MR) is 74.1 cm³/mol. The van der Waals surface area contributed by atoms with Crippen molar-refractivity contribution in [1.29, 1.82) is 0 Å². The molecule has 2 heterocycles. The fourth-order valence-corrected chi connectivity index (χ4v) is 2.77. The average molecular weight is 262 g/mol. The highest BCUT2D eigenvalue weighted by Crippen LogP contribution is 2.24. The molecule has 4 nitrogen and oxygen atoms in total. The van der Waals surface area contributed by atoms with E-state index in [0.29, 0.717) is 6.04 Å². The van der Waals surface area contributed by atoms with E-state index in [0.717, 1.165) is 52.6 Å². The van der Waals surface area contributed by atoms with Gasteiger partial charge in [-0.2, -0.15) is 0 Å². The van der Waals surface area contributed by atoms with Crippen LogP contribution in [0.15, 0.2) is 24.3 Å². The molecule has 1 N–H and O–H groups in total. The number of rotatable bonds is 4. The van der Waals surface area contributed by atoms with Crippen LogP contribution in [0.4, 0.5) is 0 Å². The minimum Gasteiger partial charge on any atom is -0.379 e. The molecule has 0 aliphatic carbocycles. The first-order chi connectivity index (χ1) is 9.43. The number of ether oxygens (including phenoxy) is 2. The topological polar surface area (TPSA) is 33.7 Å². The molecule has 0 aromatic heterocycles. The fraction of sp³-hybridized carbons (Fsp3) is 0.600. The number of nitrogens with one attached hydrogen (secondary N) is 1. The van der Waals surface area contributed by atoms with Gasteiger partial charge in [0.25, 0.3) is 0 Å². The van der Waals surface area contributed by atoms with Gasteiger partial charge in [0.1, 0.15) is 0 Å². The number of benzene rings is 1. The lowest BCUT2D eigenvalue weighted by Gasteiger charge is -2.29. The van der Waals surface area contributed by atoms with Crippen LogP contribution < -0.4 is 5.32 Å². The first-order valence-electron chi connectivity index (χ1n) is 7.12. The van der Waals surface area contributed by atoms with Crippen molar-refractivity contribution in [3.63, 3.8) is 0 Å². The highest BCUT2D eigenvalue weighted by atomic mass is 16.5. The van der Waals surface area contributed by atoms with Gasteiger partial charge >= 0.3 is 0 Å². The van der Waals surface area contributed by atoms with Crippen LogP contribution in [0.25, 0.3) is 0 Å². The summed E-state index contributed by atoms with van der Waals surface area (Å²) in [5.74, 6) is 0. The molecule has 3 rings (SSSR count). The Morgan fingerprint density at radius 2 is 2.00 bits per heavy atom. The molecule has 4 heteroatoms. The molecule has 1 aromatic rings. The van der Waals surface area contributed by atoms with Gasteiger partial charge in [0.15, 0.2) is 0 Å². The molecule has 2 aliphatic heterocycles. The first kappa shape index (κ1) is 13.1. The summed E-state index contributed by atoms with van der Waals surface area (Å²) in [5, 5.41) is 3.62. The summed E-state index contributed by atoms with van der Waals surface area (Å²) >= 11 is 0. The van der Waals surface area contributed by atoms with Gasteiger partial charge in [0, 0.05) is 26.2 Å². The molecule has 1 atom stereocenters. The standard InChI is InChI=1S/C15H22N2O2/c1-2-4-14-13(3-1)11-19-12-15(14)16-5-6-17-7-9-18-10-8-17/h1-4,15-16H,5-12H2. The van der Waals surface area contributed by atoms with Gasteiger partial charge in [-0.05, 0) is 11.1 Å². The minimum absolute atomic E-state index is 0.339. The maximum absolute atomic E-state index is 5.65. The largest absolute Gasteiger partial charge is 0.379 e. The van der Waals surface area contributed by atoms with Crippen LogP contribution in [0.2, 0.25) is 0 Å². The molecule has 1 aromatic carbocycles. The van der Waals surface area contributed by atoms with E-state index in [1.54, 1.807) is 0 Å². The van der Waals surface area contributed by atoms with E-state index in [1.807, 2.05) is 0 Å². The molecule has 19 heavy (non-hydrogen) atoms. The number of hydrogen-bond donors (Lipinski definition) is 1. The summed E-state index contributed by atoms with van der Waals surface area (Å²) < 4.78 is 11.0. The van der Waals surface area contributed by atoms with Crippen LogP contribution in [-0.2, 0) is 16.1 Å². The Balaban J connectivity index is 1.50. The van der Waals surface area contributed by atoms with E-state index in [-0.39, 0.29) is 0 Å². The molecule has 0 bridgehead atoms. The number of hydrogen-bond acceptors (Lipinski definition) is 4. The predicted octanol–water partition coefficient (Wildman–Crippen LogP) is 1.18. The molecule has 0 spiro atoms. The van der Waals surface area contributed by atoms with Gasteiger partial charge in [0.05, 0.1) is 32.5 Å². The third-order valence-corrected chi connectivity index (χ3v) is 3.90. The van der Waals surface area contributed by atoms with Crippen LogP contribution in [0.5, 0.6) is 0 Å². The fourth-order valence-electron chi connectivity index (χ4n) is 2.77. The van der Waals surface area contributed by atoms with Gasteiger partial charge in [-0.15, -0.1) is 0 Å². The van der Waals surface area contributed by atoms with Crippen molar-refractivity contribution < 1.29 is 9.47 Å². The number of morpholine rings is 1. The summed E-state index contributed by atoms with van der Waals surface area (Å²) in [6.45, 7) is 7.46. The van der Waals surface area contributed by atoms with Gasteiger partial charge < -0.3 is 14.8 Å². The van der Waals surface area contributed by atoms with Crippen LogP contribution in [0, 0.1) is 0 Å². The molecular formula is C15H22N2O2. The van der Waals surface area contributed by atoms with Crippen LogP contribution in [-0.4, -0.2) is 50.9 Å². The molecular weight excluding hydrogens is 240 g/mol. The molecule has 0 radical (unpaired) electrons. The Morgan fingerprint density at radius 3 is 2.89 bits per heavy atom. The molecule has 104 valence electrons. The van der Waals surface area contributed by atoms with Crippen molar-refractivity contribution in [2.45, 2.75) is 12.6 Å². The number of nitrogens with zero attached hydrogens (tertiary/aromatic N) is 1. The van der Waals surface area contributed by atoms with Crippen molar-refractivity contribution in [3.8, 4) is 0 Å². The Hall–Kier alpha value is -0.940. The maximum atomic E-state index is 5.65. The van der Waals surface area contributed by atoms with Crippen molar-refractivity contribution >= 4 is 0 Å². The smallest absolute Gasteiger partial charge is 0.0721 e. The second kappa shape index (κ2) is 6.48. The van der Waals surface area contributed by atoms with Crippen molar-refractivity contribution in [1.82, 2.24) is 10.2 Å². The average Bonchev–Trinajstić information content (AvgIpc) is 2.49. The summed E-state index contributed by atoms with van der Waals surface area (Å²) in [6.07, 6.45) is 0. The number of fused-ring (bicyclic) bond motifs is 1. The van der Waals surface area contributed by atoms with Gasteiger partial charge in [-0.25, -0.2) is 0 Å². The highest BCUT2D eigenvalue weighted by Gasteiger charge is 2.19. The quantitative estimate of drug-likeness (QED) is 0.883. The van der Waals surface area contributed by atoms with Gasteiger partial charge in [-0.1, -0.05) is 24.3 Å². The second-order valence-electron chi connectivity index (χ2n) is 5.17. The van der Waals surface area contributed by atoms with Crippen LogP contribution in [0.3, 0.4) is 0 Å². The summed E-state index contributed by atoms with van der Waals surface area (Å²) in [5.41, 5.74) is 2.72. The normalized spacial score (nSPS) is 24.1. The summed E-state index contributed by atoms with van der Waals surface area (Å²) in [7, 11) is 0.